The van der Waals surface area contributed by atoms with Gasteiger partial charge in [-0.2, -0.15) is 0 Å². The van der Waals surface area contributed by atoms with E-state index in [1.165, 1.54) is 0 Å². The average molecular weight is 387 g/mol. The summed E-state index contributed by atoms with van der Waals surface area (Å²) in [6.45, 7) is 1.06. The third-order valence-electron chi connectivity index (χ3n) is 4.55. The number of halogens is 1. The second-order valence-corrected chi connectivity index (χ2v) is 6.78. The molecule has 1 amide bonds. The first-order valence-corrected chi connectivity index (χ1v) is 9.08. The number of aromatic nitrogens is 3. The SMILES string of the molecule is COc1cnc(-c2cc3[nH]c(CNC(=O)[C@@H]4CCCO4)cc3cc2Cl)cn1. The molecule has 0 radical (unpaired) electrons. The van der Waals surface area contributed by atoms with E-state index in [1.807, 2.05) is 18.2 Å². The molecule has 1 atom stereocenters. The van der Waals surface area contributed by atoms with Crippen molar-refractivity contribution in [2.75, 3.05) is 13.7 Å². The summed E-state index contributed by atoms with van der Waals surface area (Å²) in [6, 6.07) is 5.78. The molecule has 1 aliphatic rings. The van der Waals surface area contributed by atoms with Gasteiger partial charge in [0, 0.05) is 28.8 Å². The van der Waals surface area contributed by atoms with Gasteiger partial charge in [0.2, 0.25) is 11.8 Å². The number of methoxy groups -OCH3 is 1. The van der Waals surface area contributed by atoms with Crippen LogP contribution in [0.2, 0.25) is 5.02 Å². The highest BCUT2D eigenvalue weighted by atomic mass is 35.5. The fourth-order valence-corrected chi connectivity index (χ4v) is 3.41. The highest BCUT2D eigenvalue weighted by Crippen LogP contribution is 2.31. The third-order valence-corrected chi connectivity index (χ3v) is 4.87. The van der Waals surface area contributed by atoms with E-state index >= 15 is 0 Å². The molecule has 3 aromatic rings. The highest BCUT2D eigenvalue weighted by Gasteiger charge is 2.23. The largest absolute Gasteiger partial charge is 0.480 e. The van der Waals surface area contributed by atoms with Crippen molar-refractivity contribution in [1.82, 2.24) is 20.3 Å². The summed E-state index contributed by atoms with van der Waals surface area (Å²) in [7, 11) is 1.54. The first-order valence-electron chi connectivity index (χ1n) is 8.71. The molecule has 0 spiro atoms. The van der Waals surface area contributed by atoms with Crippen molar-refractivity contribution in [1.29, 1.82) is 0 Å². The van der Waals surface area contributed by atoms with Gasteiger partial charge >= 0.3 is 0 Å². The molecule has 3 heterocycles. The quantitative estimate of drug-likeness (QED) is 0.703. The van der Waals surface area contributed by atoms with Gasteiger partial charge in [0.15, 0.2) is 0 Å². The van der Waals surface area contributed by atoms with Crippen LogP contribution in [-0.4, -0.2) is 40.7 Å². The lowest BCUT2D eigenvalue weighted by Gasteiger charge is -2.09. The second-order valence-electron chi connectivity index (χ2n) is 6.38. The van der Waals surface area contributed by atoms with Crippen molar-refractivity contribution in [3.8, 4) is 17.1 Å². The fraction of sp³-hybridized carbons (Fsp3) is 0.316. The van der Waals surface area contributed by atoms with Crippen molar-refractivity contribution >= 4 is 28.4 Å². The molecule has 27 heavy (non-hydrogen) atoms. The summed E-state index contributed by atoms with van der Waals surface area (Å²) >= 11 is 6.44. The van der Waals surface area contributed by atoms with Gasteiger partial charge in [0.1, 0.15) is 6.10 Å². The summed E-state index contributed by atoms with van der Waals surface area (Å²) in [6.07, 6.45) is 4.55. The molecule has 2 aromatic heterocycles. The zero-order valence-electron chi connectivity index (χ0n) is 14.8. The Morgan fingerprint density at radius 2 is 2.26 bits per heavy atom. The molecule has 1 fully saturated rings. The summed E-state index contributed by atoms with van der Waals surface area (Å²) in [4.78, 5) is 23.9. The number of benzene rings is 1. The van der Waals surface area contributed by atoms with E-state index in [-0.39, 0.29) is 12.0 Å². The highest BCUT2D eigenvalue weighted by molar-refractivity contribution is 6.34. The number of ether oxygens (including phenoxy) is 2. The van der Waals surface area contributed by atoms with Crippen molar-refractivity contribution < 1.29 is 14.3 Å². The van der Waals surface area contributed by atoms with Crippen molar-refractivity contribution in [3.05, 3.63) is 41.3 Å². The van der Waals surface area contributed by atoms with Crippen LogP contribution in [0.15, 0.2) is 30.6 Å². The number of hydrogen-bond acceptors (Lipinski definition) is 5. The van der Waals surface area contributed by atoms with Crippen LogP contribution < -0.4 is 10.1 Å². The van der Waals surface area contributed by atoms with Crippen LogP contribution >= 0.6 is 11.6 Å². The maximum atomic E-state index is 12.1. The fourth-order valence-electron chi connectivity index (χ4n) is 3.15. The molecule has 4 rings (SSSR count). The van der Waals surface area contributed by atoms with E-state index in [4.69, 9.17) is 21.1 Å². The molecule has 2 N–H and O–H groups in total. The molecule has 0 unspecified atom stereocenters. The minimum Gasteiger partial charge on any atom is -0.480 e. The summed E-state index contributed by atoms with van der Waals surface area (Å²) in [5.41, 5.74) is 3.24. The standard InChI is InChI=1S/C19H19ClN4O3/c1-26-18-10-21-16(9-22-18)13-7-15-11(6-14(13)20)5-12(24-15)8-23-19(25)17-3-2-4-27-17/h5-7,9-10,17,24H,2-4,8H2,1H3,(H,23,25)/t17-/m0/s1. The minimum atomic E-state index is -0.330. The number of hydrogen-bond donors (Lipinski definition) is 2. The number of fused-ring (bicyclic) bond motifs is 1. The first-order chi connectivity index (χ1) is 13.1. The Morgan fingerprint density at radius 3 is 2.96 bits per heavy atom. The van der Waals surface area contributed by atoms with E-state index in [2.05, 4.69) is 20.3 Å². The molecule has 0 bridgehead atoms. The van der Waals surface area contributed by atoms with E-state index in [1.54, 1.807) is 19.5 Å². The Labute approximate surface area is 161 Å². The minimum absolute atomic E-state index is 0.0709. The van der Waals surface area contributed by atoms with Gasteiger partial charge in [0.25, 0.3) is 0 Å². The molecular weight excluding hydrogens is 368 g/mol. The lowest BCUT2D eigenvalue weighted by Crippen LogP contribution is -2.33. The Bertz CT molecular complexity index is 965. The van der Waals surface area contributed by atoms with Gasteiger partial charge in [-0.25, -0.2) is 9.97 Å². The van der Waals surface area contributed by atoms with Crippen LogP contribution in [0.25, 0.3) is 22.2 Å². The molecule has 140 valence electrons. The van der Waals surface area contributed by atoms with Crippen LogP contribution in [0.4, 0.5) is 0 Å². The lowest BCUT2D eigenvalue weighted by atomic mass is 10.1. The molecule has 1 aromatic carbocycles. The van der Waals surface area contributed by atoms with Gasteiger partial charge in [-0.3, -0.25) is 4.79 Å². The smallest absolute Gasteiger partial charge is 0.249 e. The van der Waals surface area contributed by atoms with E-state index < -0.39 is 0 Å². The van der Waals surface area contributed by atoms with Crippen LogP contribution in [-0.2, 0) is 16.1 Å². The van der Waals surface area contributed by atoms with Gasteiger partial charge in [-0.1, -0.05) is 11.6 Å². The number of H-pyrrole nitrogens is 1. The number of rotatable bonds is 5. The van der Waals surface area contributed by atoms with Gasteiger partial charge in [-0.15, -0.1) is 0 Å². The van der Waals surface area contributed by atoms with E-state index in [0.717, 1.165) is 35.0 Å². The number of aromatic amines is 1. The zero-order valence-corrected chi connectivity index (χ0v) is 15.5. The van der Waals surface area contributed by atoms with Crippen molar-refractivity contribution in [3.63, 3.8) is 0 Å². The normalized spacial score (nSPS) is 16.6. The first kappa shape index (κ1) is 17.8. The Morgan fingerprint density at radius 1 is 1.37 bits per heavy atom. The second kappa shape index (κ2) is 7.54. The third kappa shape index (κ3) is 3.74. The van der Waals surface area contributed by atoms with Crippen LogP contribution in [0.5, 0.6) is 5.88 Å². The van der Waals surface area contributed by atoms with Crippen molar-refractivity contribution in [2.45, 2.75) is 25.5 Å². The number of nitrogens with one attached hydrogen (secondary N) is 2. The number of carbonyl (C=O) groups excluding carboxylic acids is 1. The average Bonchev–Trinajstić information content (AvgIpc) is 3.35. The zero-order chi connectivity index (χ0) is 18.8. The predicted molar refractivity (Wildman–Crippen MR) is 102 cm³/mol. The lowest BCUT2D eigenvalue weighted by molar-refractivity contribution is -0.130. The number of nitrogens with zero attached hydrogens (tertiary/aromatic N) is 2. The molecule has 1 aliphatic heterocycles. The van der Waals surface area contributed by atoms with Crippen molar-refractivity contribution in [2.24, 2.45) is 0 Å². The number of amides is 1. The Hall–Kier alpha value is -2.64. The Balaban J connectivity index is 1.54. The maximum Gasteiger partial charge on any atom is 0.249 e. The molecule has 0 aliphatic carbocycles. The van der Waals surface area contributed by atoms with E-state index in [9.17, 15) is 4.79 Å². The van der Waals surface area contributed by atoms with Gasteiger partial charge in [0.05, 0.1) is 36.8 Å². The van der Waals surface area contributed by atoms with Gasteiger partial charge < -0.3 is 19.8 Å². The molecule has 8 heteroatoms. The van der Waals surface area contributed by atoms with Gasteiger partial charge in [-0.05, 0) is 31.0 Å². The topological polar surface area (TPSA) is 89.1 Å². The van der Waals surface area contributed by atoms with Crippen LogP contribution in [0, 0.1) is 0 Å². The molecule has 1 saturated heterocycles. The maximum absolute atomic E-state index is 12.1. The molecular formula is C19H19ClN4O3. The molecule has 7 nitrogen and oxygen atoms in total. The summed E-state index contributed by atoms with van der Waals surface area (Å²) in [5, 5.41) is 4.45. The monoisotopic (exact) mass is 386 g/mol. The predicted octanol–water partition coefficient (Wildman–Crippen LogP) is 3.08. The summed E-state index contributed by atoms with van der Waals surface area (Å²) in [5.74, 6) is 0.374. The van der Waals surface area contributed by atoms with E-state index in [0.29, 0.717) is 29.7 Å². The van der Waals surface area contributed by atoms with Crippen LogP contribution in [0.1, 0.15) is 18.5 Å². The summed E-state index contributed by atoms with van der Waals surface area (Å²) < 4.78 is 10.4. The van der Waals surface area contributed by atoms with Crippen LogP contribution in [0.3, 0.4) is 0 Å². The Kier molecular flexibility index (Phi) is 4.96. The number of carbonyl (C=O) groups is 1. The molecule has 0 saturated carbocycles.